The van der Waals surface area contributed by atoms with E-state index in [0.717, 1.165) is 13.1 Å². The van der Waals surface area contributed by atoms with Gasteiger partial charge in [-0.15, -0.1) is 0 Å². The minimum Gasteiger partial charge on any atom is -0.311 e. The van der Waals surface area contributed by atoms with Crippen molar-refractivity contribution in [2.75, 3.05) is 13.1 Å². The molecule has 0 amide bonds. The van der Waals surface area contributed by atoms with E-state index in [-0.39, 0.29) is 5.54 Å². The molecule has 3 nitrogen and oxygen atoms in total. The molecule has 0 saturated heterocycles. The van der Waals surface area contributed by atoms with Crippen LogP contribution in [-0.2, 0) is 0 Å². The molecule has 1 rings (SSSR count). The molecule has 1 atom stereocenters. The van der Waals surface area contributed by atoms with Crippen molar-refractivity contribution < 1.29 is 0 Å². The van der Waals surface area contributed by atoms with Gasteiger partial charge < -0.3 is 10.6 Å². The Kier molecular flexibility index (Phi) is 4.90. The lowest BCUT2D eigenvalue weighted by atomic mass is 10.1. The molecule has 0 aliphatic rings. The minimum atomic E-state index is 0.196. The Labute approximate surface area is 98.7 Å². The van der Waals surface area contributed by atoms with E-state index in [1.165, 1.54) is 5.56 Å². The van der Waals surface area contributed by atoms with Crippen LogP contribution in [0.15, 0.2) is 24.5 Å². The van der Waals surface area contributed by atoms with Crippen molar-refractivity contribution in [1.82, 2.24) is 15.6 Å². The molecule has 3 heteroatoms. The summed E-state index contributed by atoms with van der Waals surface area (Å²) in [5.74, 6) is 0. The van der Waals surface area contributed by atoms with Gasteiger partial charge in [0, 0.05) is 37.1 Å². The molecular weight excluding hydrogens is 198 g/mol. The van der Waals surface area contributed by atoms with E-state index in [4.69, 9.17) is 0 Å². The van der Waals surface area contributed by atoms with Gasteiger partial charge in [0.15, 0.2) is 0 Å². The number of nitrogens with zero attached hydrogens (tertiary/aromatic N) is 1. The third-order valence-corrected chi connectivity index (χ3v) is 2.44. The summed E-state index contributed by atoms with van der Waals surface area (Å²) in [7, 11) is 0. The van der Waals surface area contributed by atoms with Crippen molar-refractivity contribution in [2.45, 2.75) is 39.3 Å². The number of hydrogen-bond donors (Lipinski definition) is 2. The molecule has 1 aromatic rings. The Morgan fingerprint density at radius 2 is 1.81 bits per heavy atom. The summed E-state index contributed by atoms with van der Waals surface area (Å²) in [5.41, 5.74) is 1.48. The van der Waals surface area contributed by atoms with Crippen LogP contribution in [0.4, 0.5) is 0 Å². The fraction of sp³-hybridized carbons (Fsp3) is 0.615. The van der Waals surface area contributed by atoms with E-state index < -0.39 is 0 Å². The molecule has 0 aliphatic heterocycles. The Morgan fingerprint density at radius 1 is 1.19 bits per heavy atom. The first-order valence-corrected chi connectivity index (χ1v) is 5.87. The molecule has 1 heterocycles. The Bertz CT molecular complexity index is 290. The molecule has 1 aromatic heterocycles. The van der Waals surface area contributed by atoms with Gasteiger partial charge in [-0.25, -0.2) is 0 Å². The summed E-state index contributed by atoms with van der Waals surface area (Å²) in [6.07, 6.45) is 3.67. The normalized spacial score (nSPS) is 13.8. The molecule has 0 radical (unpaired) electrons. The van der Waals surface area contributed by atoms with Crippen LogP contribution >= 0.6 is 0 Å². The van der Waals surface area contributed by atoms with Crippen molar-refractivity contribution in [3.05, 3.63) is 30.1 Å². The summed E-state index contributed by atoms with van der Waals surface area (Å²) in [6, 6.07) is 4.48. The summed E-state index contributed by atoms with van der Waals surface area (Å²) in [5, 5.41) is 6.94. The number of nitrogens with one attached hydrogen (secondary N) is 2. The average Bonchev–Trinajstić information content (AvgIpc) is 2.24. The number of rotatable bonds is 5. The van der Waals surface area contributed by atoms with Crippen molar-refractivity contribution >= 4 is 0 Å². The van der Waals surface area contributed by atoms with Crippen LogP contribution in [0.25, 0.3) is 0 Å². The Hall–Kier alpha value is -0.930. The van der Waals surface area contributed by atoms with Crippen LogP contribution in [0.2, 0.25) is 0 Å². The lowest BCUT2D eigenvalue weighted by molar-refractivity contribution is 0.414. The molecule has 0 aliphatic carbocycles. The molecule has 0 saturated carbocycles. The first-order chi connectivity index (χ1) is 7.49. The molecule has 2 N–H and O–H groups in total. The van der Waals surface area contributed by atoms with Crippen LogP contribution in [0.5, 0.6) is 0 Å². The lowest BCUT2D eigenvalue weighted by Crippen LogP contribution is -2.40. The number of aromatic nitrogens is 1. The van der Waals surface area contributed by atoms with Gasteiger partial charge in [-0.3, -0.25) is 4.98 Å². The SMILES string of the molecule is C[C@H](NCCNC(C)(C)C)c1ccncc1. The molecule has 0 aromatic carbocycles. The minimum absolute atomic E-state index is 0.196. The summed E-state index contributed by atoms with van der Waals surface area (Å²) in [6.45, 7) is 10.7. The smallest absolute Gasteiger partial charge is 0.0293 e. The predicted molar refractivity (Wildman–Crippen MR) is 68.4 cm³/mol. The van der Waals surface area contributed by atoms with Crippen molar-refractivity contribution in [3.63, 3.8) is 0 Å². The van der Waals surface area contributed by atoms with Gasteiger partial charge >= 0.3 is 0 Å². The maximum Gasteiger partial charge on any atom is 0.0293 e. The molecular formula is C13H23N3. The zero-order valence-corrected chi connectivity index (χ0v) is 10.7. The highest BCUT2D eigenvalue weighted by molar-refractivity contribution is 5.13. The van der Waals surface area contributed by atoms with Crippen LogP contribution in [-0.4, -0.2) is 23.6 Å². The third-order valence-electron chi connectivity index (χ3n) is 2.44. The van der Waals surface area contributed by atoms with Crippen LogP contribution in [0, 0.1) is 0 Å². The fourth-order valence-corrected chi connectivity index (χ4v) is 1.50. The second-order valence-corrected chi connectivity index (χ2v) is 5.13. The van der Waals surface area contributed by atoms with Gasteiger partial charge in [-0.1, -0.05) is 0 Å². The third kappa shape index (κ3) is 5.24. The molecule has 0 unspecified atom stereocenters. The Balaban J connectivity index is 2.24. The van der Waals surface area contributed by atoms with E-state index in [1.54, 1.807) is 0 Å². The number of pyridine rings is 1. The van der Waals surface area contributed by atoms with Gasteiger partial charge in [-0.2, -0.15) is 0 Å². The largest absolute Gasteiger partial charge is 0.311 e. The van der Waals surface area contributed by atoms with Crippen LogP contribution in [0.1, 0.15) is 39.3 Å². The van der Waals surface area contributed by atoms with Crippen molar-refractivity contribution in [1.29, 1.82) is 0 Å². The second-order valence-electron chi connectivity index (χ2n) is 5.13. The van der Waals surface area contributed by atoms with Gasteiger partial charge in [0.25, 0.3) is 0 Å². The van der Waals surface area contributed by atoms with E-state index in [2.05, 4.69) is 55.4 Å². The molecule has 0 spiro atoms. The summed E-state index contributed by atoms with van der Waals surface area (Å²) < 4.78 is 0. The van der Waals surface area contributed by atoms with E-state index >= 15 is 0 Å². The number of hydrogen-bond acceptors (Lipinski definition) is 3. The second kappa shape index (κ2) is 5.97. The van der Waals surface area contributed by atoms with E-state index in [1.807, 2.05) is 12.4 Å². The van der Waals surface area contributed by atoms with Crippen molar-refractivity contribution in [2.24, 2.45) is 0 Å². The summed E-state index contributed by atoms with van der Waals surface area (Å²) >= 11 is 0. The lowest BCUT2D eigenvalue weighted by Gasteiger charge is -2.21. The first-order valence-electron chi connectivity index (χ1n) is 5.87. The fourth-order valence-electron chi connectivity index (χ4n) is 1.50. The van der Waals surface area contributed by atoms with Gasteiger partial charge in [-0.05, 0) is 45.4 Å². The topological polar surface area (TPSA) is 37.0 Å². The monoisotopic (exact) mass is 221 g/mol. The highest BCUT2D eigenvalue weighted by Crippen LogP contribution is 2.09. The van der Waals surface area contributed by atoms with Gasteiger partial charge in [0.05, 0.1) is 0 Å². The molecule has 0 fully saturated rings. The zero-order valence-electron chi connectivity index (χ0n) is 10.7. The summed E-state index contributed by atoms with van der Waals surface area (Å²) in [4.78, 5) is 4.02. The van der Waals surface area contributed by atoms with Crippen LogP contribution in [0.3, 0.4) is 0 Å². The van der Waals surface area contributed by atoms with Gasteiger partial charge in [0.2, 0.25) is 0 Å². The Morgan fingerprint density at radius 3 is 2.38 bits per heavy atom. The zero-order chi connectivity index (χ0) is 12.0. The maximum absolute atomic E-state index is 4.02. The maximum atomic E-state index is 4.02. The van der Waals surface area contributed by atoms with Crippen molar-refractivity contribution in [3.8, 4) is 0 Å². The quantitative estimate of drug-likeness (QED) is 0.748. The highest BCUT2D eigenvalue weighted by Gasteiger charge is 2.08. The molecule has 0 bridgehead atoms. The first kappa shape index (κ1) is 13.1. The van der Waals surface area contributed by atoms with E-state index in [0.29, 0.717) is 6.04 Å². The van der Waals surface area contributed by atoms with Crippen LogP contribution < -0.4 is 10.6 Å². The molecule has 90 valence electrons. The highest BCUT2D eigenvalue weighted by atomic mass is 15.0. The standard InChI is InChI=1S/C13H23N3/c1-11(12-5-7-14-8-6-12)15-9-10-16-13(2,3)4/h5-8,11,15-16H,9-10H2,1-4H3/t11-/m0/s1. The van der Waals surface area contributed by atoms with Gasteiger partial charge in [0.1, 0.15) is 0 Å². The van der Waals surface area contributed by atoms with E-state index in [9.17, 15) is 0 Å². The predicted octanol–water partition coefficient (Wildman–Crippen LogP) is 2.12. The molecule has 16 heavy (non-hydrogen) atoms. The average molecular weight is 221 g/mol.